The second kappa shape index (κ2) is 5.12. The summed E-state index contributed by atoms with van der Waals surface area (Å²) in [4.78, 5) is 13.2. The lowest BCUT2D eigenvalue weighted by molar-refractivity contribution is 0.102. The highest BCUT2D eigenvalue weighted by atomic mass is 35.5. The molecular weight excluding hydrogens is 306 g/mol. The first-order valence-electron chi connectivity index (χ1n) is 5.16. The van der Waals surface area contributed by atoms with Crippen molar-refractivity contribution < 1.29 is 9.21 Å². The van der Waals surface area contributed by atoms with E-state index in [0.29, 0.717) is 15.1 Å². The van der Waals surface area contributed by atoms with Crippen LogP contribution in [-0.2, 0) is 0 Å². The molecule has 0 aliphatic heterocycles. The molecule has 96 valence electrons. The van der Waals surface area contributed by atoms with Crippen LogP contribution in [0.1, 0.15) is 9.67 Å². The van der Waals surface area contributed by atoms with Gasteiger partial charge in [-0.2, -0.15) is 0 Å². The van der Waals surface area contributed by atoms with Gasteiger partial charge in [0.1, 0.15) is 0 Å². The number of carbonyl (C=O) groups excluding carboxylic acids is 1. The van der Waals surface area contributed by atoms with Crippen LogP contribution in [0.25, 0.3) is 10.8 Å². The largest absolute Gasteiger partial charge is 0.402 e. The van der Waals surface area contributed by atoms with E-state index < -0.39 is 0 Å². The highest BCUT2D eigenvalue weighted by Crippen LogP contribution is 2.25. The SMILES string of the molecule is O=C(Nc1nnc(-c2cccs2)o1)c1ccc(Cl)s1. The van der Waals surface area contributed by atoms with E-state index in [1.165, 1.54) is 22.7 Å². The van der Waals surface area contributed by atoms with Gasteiger partial charge in [0.2, 0.25) is 0 Å². The van der Waals surface area contributed by atoms with Crippen LogP contribution in [0.3, 0.4) is 0 Å². The Bertz CT molecular complexity index is 705. The molecule has 0 fully saturated rings. The Morgan fingerprint density at radius 2 is 2.21 bits per heavy atom. The normalized spacial score (nSPS) is 10.6. The number of rotatable bonds is 3. The van der Waals surface area contributed by atoms with Gasteiger partial charge in [-0.25, -0.2) is 0 Å². The zero-order valence-corrected chi connectivity index (χ0v) is 11.7. The molecule has 1 amide bonds. The monoisotopic (exact) mass is 311 g/mol. The topological polar surface area (TPSA) is 68.0 Å². The smallest absolute Gasteiger partial charge is 0.322 e. The number of thiophene rings is 2. The van der Waals surface area contributed by atoms with Crippen LogP contribution >= 0.6 is 34.3 Å². The molecule has 0 aromatic carbocycles. The van der Waals surface area contributed by atoms with E-state index in [4.69, 9.17) is 16.0 Å². The molecule has 0 atom stereocenters. The lowest BCUT2D eigenvalue weighted by Gasteiger charge is -1.95. The maximum absolute atomic E-state index is 11.8. The first kappa shape index (κ1) is 12.3. The van der Waals surface area contributed by atoms with Crippen molar-refractivity contribution in [3.63, 3.8) is 0 Å². The molecule has 19 heavy (non-hydrogen) atoms. The van der Waals surface area contributed by atoms with Gasteiger partial charge in [-0.05, 0) is 23.6 Å². The van der Waals surface area contributed by atoms with Crippen LogP contribution < -0.4 is 5.32 Å². The molecule has 0 saturated heterocycles. The first-order chi connectivity index (χ1) is 9.22. The Balaban J connectivity index is 1.76. The van der Waals surface area contributed by atoms with Crippen LogP contribution in [-0.4, -0.2) is 16.1 Å². The van der Waals surface area contributed by atoms with Gasteiger partial charge in [0.15, 0.2) is 0 Å². The number of anilines is 1. The lowest BCUT2D eigenvalue weighted by atomic mass is 10.4. The van der Waals surface area contributed by atoms with Crippen molar-refractivity contribution in [1.29, 1.82) is 0 Å². The summed E-state index contributed by atoms with van der Waals surface area (Å²) in [6.07, 6.45) is 0. The van der Waals surface area contributed by atoms with Crippen LogP contribution in [0.2, 0.25) is 4.34 Å². The van der Waals surface area contributed by atoms with Gasteiger partial charge < -0.3 is 4.42 Å². The summed E-state index contributed by atoms with van der Waals surface area (Å²) in [7, 11) is 0. The van der Waals surface area contributed by atoms with Gasteiger partial charge >= 0.3 is 6.01 Å². The van der Waals surface area contributed by atoms with Crippen molar-refractivity contribution in [2.24, 2.45) is 0 Å². The molecule has 0 radical (unpaired) electrons. The van der Waals surface area contributed by atoms with Crippen LogP contribution in [0.5, 0.6) is 0 Å². The lowest BCUT2D eigenvalue weighted by Crippen LogP contribution is -2.10. The first-order valence-corrected chi connectivity index (χ1v) is 7.24. The quantitative estimate of drug-likeness (QED) is 0.799. The number of nitrogens with zero attached hydrogens (tertiary/aromatic N) is 2. The molecule has 0 aliphatic rings. The number of amides is 1. The van der Waals surface area contributed by atoms with Crippen molar-refractivity contribution >= 4 is 46.2 Å². The van der Waals surface area contributed by atoms with E-state index in [2.05, 4.69) is 15.5 Å². The molecule has 1 N–H and O–H groups in total. The third-order valence-corrected chi connectivity index (χ3v) is 4.26. The fourth-order valence-corrected chi connectivity index (χ4v) is 2.95. The summed E-state index contributed by atoms with van der Waals surface area (Å²) in [5, 5.41) is 12.1. The van der Waals surface area contributed by atoms with Crippen LogP contribution in [0, 0.1) is 0 Å². The third kappa shape index (κ3) is 2.67. The fraction of sp³-hybridized carbons (Fsp3) is 0. The maximum atomic E-state index is 11.8. The van der Waals surface area contributed by atoms with Crippen molar-refractivity contribution in [3.8, 4) is 10.8 Å². The molecule has 0 aliphatic carbocycles. The molecule has 0 spiro atoms. The second-order valence-corrected chi connectivity index (χ2v) is 6.11. The van der Waals surface area contributed by atoms with E-state index in [0.717, 1.165) is 4.88 Å². The number of halogens is 1. The van der Waals surface area contributed by atoms with Gasteiger partial charge in [0.05, 0.1) is 14.1 Å². The van der Waals surface area contributed by atoms with Crippen LogP contribution in [0.15, 0.2) is 34.1 Å². The van der Waals surface area contributed by atoms with E-state index >= 15 is 0 Å². The summed E-state index contributed by atoms with van der Waals surface area (Å²) >= 11 is 8.44. The predicted octanol–water partition coefficient (Wildman–Crippen LogP) is 3.77. The Hall–Kier alpha value is -1.70. The minimum absolute atomic E-state index is 0.0675. The van der Waals surface area contributed by atoms with E-state index in [1.807, 2.05) is 17.5 Å². The molecule has 3 aromatic heterocycles. The molecule has 3 heterocycles. The molecule has 3 aromatic rings. The Kier molecular flexibility index (Phi) is 3.33. The summed E-state index contributed by atoms with van der Waals surface area (Å²) in [6, 6.07) is 7.11. The van der Waals surface area contributed by atoms with Crippen molar-refractivity contribution in [2.75, 3.05) is 5.32 Å². The van der Waals surface area contributed by atoms with E-state index in [9.17, 15) is 4.79 Å². The Morgan fingerprint density at radius 3 is 2.89 bits per heavy atom. The van der Waals surface area contributed by atoms with Gasteiger partial charge in [0, 0.05) is 0 Å². The Morgan fingerprint density at radius 1 is 1.32 bits per heavy atom. The number of hydrogen-bond donors (Lipinski definition) is 1. The third-order valence-electron chi connectivity index (χ3n) is 2.17. The molecule has 8 heteroatoms. The predicted molar refractivity (Wildman–Crippen MR) is 74.9 cm³/mol. The molecular formula is C11H6ClN3O2S2. The number of nitrogens with one attached hydrogen (secondary N) is 1. The highest BCUT2D eigenvalue weighted by Gasteiger charge is 2.14. The minimum Gasteiger partial charge on any atom is -0.402 e. The Labute approximate surface area is 120 Å². The minimum atomic E-state index is -0.321. The summed E-state index contributed by atoms with van der Waals surface area (Å²) in [5.41, 5.74) is 0. The van der Waals surface area contributed by atoms with Gasteiger partial charge in [-0.15, -0.1) is 27.8 Å². The highest BCUT2D eigenvalue weighted by molar-refractivity contribution is 7.18. The molecule has 0 saturated carbocycles. The van der Waals surface area contributed by atoms with E-state index in [1.54, 1.807) is 12.1 Å². The maximum Gasteiger partial charge on any atom is 0.322 e. The summed E-state index contributed by atoms with van der Waals surface area (Å²) in [6.45, 7) is 0. The zero-order valence-electron chi connectivity index (χ0n) is 9.29. The van der Waals surface area contributed by atoms with Gasteiger partial charge in [0.25, 0.3) is 11.8 Å². The second-order valence-electron chi connectivity index (χ2n) is 3.45. The summed E-state index contributed by atoms with van der Waals surface area (Å²) < 4.78 is 5.91. The van der Waals surface area contributed by atoms with Gasteiger partial charge in [-0.3, -0.25) is 10.1 Å². The van der Waals surface area contributed by atoms with Crippen molar-refractivity contribution in [1.82, 2.24) is 10.2 Å². The van der Waals surface area contributed by atoms with Crippen LogP contribution in [0.4, 0.5) is 6.01 Å². The average Bonchev–Trinajstić information content (AvgIpc) is 3.07. The molecule has 3 rings (SSSR count). The number of carbonyl (C=O) groups is 1. The van der Waals surface area contributed by atoms with Crippen molar-refractivity contribution in [3.05, 3.63) is 38.9 Å². The fourth-order valence-electron chi connectivity index (χ4n) is 1.37. The molecule has 0 unspecified atom stereocenters. The summed E-state index contributed by atoms with van der Waals surface area (Å²) in [5.74, 6) is 0.0628. The average molecular weight is 312 g/mol. The number of hydrogen-bond acceptors (Lipinski definition) is 6. The molecule has 0 bridgehead atoms. The molecule has 5 nitrogen and oxygen atoms in total. The standard InChI is InChI=1S/C11H6ClN3O2S2/c12-8-4-3-6(19-8)9(16)13-11-15-14-10(17-11)7-2-1-5-18-7/h1-5H,(H,13,15,16). The van der Waals surface area contributed by atoms with Crippen molar-refractivity contribution in [2.45, 2.75) is 0 Å². The number of aromatic nitrogens is 2. The van der Waals surface area contributed by atoms with Gasteiger partial charge in [-0.1, -0.05) is 22.8 Å². The van der Waals surface area contributed by atoms with E-state index in [-0.39, 0.29) is 11.9 Å². The zero-order chi connectivity index (χ0) is 13.2.